The van der Waals surface area contributed by atoms with E-state index in [1.54, 1.807) is 0 Å². The van der Waals surface area contributed by atoms with E-state index in [2.05, 4.69) is 25.5 Å². The molecule has 12 heavy (non-hydrogen) atoms. The molecule has 1 rings (SSSR count). The fourth-order valence-electron chi connectivity index (χ4n) is 1.95. The summed E-state index contributed by atoms with van der Waals surface area (Å²) in [7, 11) is 2.26. The van der Waals surface area contributed by atoms with E-state index in [0.29, 0.717) is 5.54 Å². The van der Waals surface area contributed by atoms with Gasteiger partial charge in [0, 0.05) is 12.1 Å². The monoisotopic (exact) mass is 167 g/mol. The maximum Gasteiger partial charge on any atom is 0.0208 e. The normalized spacial score (nSPS) is 19.6. The second kappa shape index (κ2) is 4.08. The third-order valence-electron chi connectivity index (χ3n) is 3.02. The fraction of sp³-hybridized carbons (Fsp3) is 0.818. The van der Waals surface area contributed by atoms with Gasteiger partial charge in [-0.25, -0.2) is 0 Å². The Kier molecular flexibility index (Phi) is 3.33. The molecule has 0 aromatic carbocycles. The first-order valence-corrected chi connectivity index (χ1v) is 5.07. The molecular weight excluding hydrogens is 146 g/mol. The van der Waals surface area contributed by atoms with Crippen LogP contribution in [-0.2, 0) is 0 Å². The Morgan fingerprint density at radius 2 is 2.17 bits per heavy atom. The van der Waals surface area contributed by atoms with E-state index in [9.17, 15) is 0 Å². The van der Waals surface area contributed by atoms with Crippen molar-refractivity contribution in [2.24, 2.45) is 0 Å². The third kappa shape index (κ3) is 2.10. The third-order valence-corrected chi connectivity index (χ3v) is 3.02. The molecule has 0 radical (unpaired) electrons. The second-order valence-electron chi connectivity index (χ2n) is 3.97. The zero-order chi connectivity index (χ0) is 9.03. The van der Waals surface area contributed by atoms with Gasteiger partial charge in [0.15, 0.2) is 0 Å². The van der Waals surface area contributed by atoms with Crippen LogP contribution in [0.2, 0.25) is 0 Å². The summed E-state index contributed by atoms with van der Waals surface area (Å²) in [6, 6.07) is 0. The smallest absolute Gasteiger partial charge is 0.0208 e. The van der Waals surface area contributed by atoms with Crippen molar-refractivity contribution in [1.29, 1.82) is 0 Å². The lowest BCUT2D eigenvalue weighted by Gasteiger charge is -2.27. The van der Waals surface area contributed by atoms with Gasteiger partial charge in [0.2, 0.25) is 0 Å². The Morgan fingerprint density at radius 1 is 1.50 bits per heavy atom. The summed E-state index contributed by atoms with van der Waals surface area (Å²) in [6.07, 6.45) is 8.66. The van der Waals surface area contributed by atoms with Crippen LogP contribution in [0.1, 0.15) is 39.0 Å². The van der Waals surface area contributed by atoms with Crippen molar-refractivity contribution >= 4 is 0 Å². The molecule has 0 bridgehead atoms. The molecule has 1 aliphatic rings. The second-order valence-corrected chi connectivity index (χ2v) is 3.97. The molecule has 0 aromatic rings. The van der Waals surface area contributed by atoms with Gasteiger partial charge < -0.3 is 4.90 Å². The molecule has 0 heterocycles. The summed E-state index contributed by atoms with van der Waals surface area (Å²) in [5.74, 6) is 0. The van der Waals surface area contributed by atoms with Gasteiger partial charge in [-0.05, 0) is 32.7 Å². The lowest BCUT2D eigenvalue weighted by molar-refractivity contribution is 0.211. The molecule has 0 aliphatic heterocycles. The Labute approximate surface area is 76.5 Å². The quantitative estimate of drug-likeness (QED) is 0.550. The average Bonchev–Trinajstić information content (AvgIpc) is 2.82. The summed E-state index contributed by atoms with van der Waals surface area (Å²) < 4.78 is 0. The maximum absolute atomic E-state index is 3.75. The van der Waals surface area contributed by atoms with Crippen molar-refractivity contribution in [1.82, 2.24) is 4.90 Å². The van der Waals surface area contributed by atoms with Crippen LogP contribution in [0.15, 0.2) is 12.7 Å². The SMILES string of the molecule is C=CCCN(C)C1(CCC)CC1. The topological polar surface area (TPSA) is 3.24 Å². The van der Waals surface area contributed by atoms with Gasteiger partial charge in [-0.2, -0.15) is 0 Å². The van der Waals surface area contributed by atoms with E-state index in [1.807, 2.05) is 6.08 Å². The lowest BCUT2D eigenvalue weighted by atomic mass is 10.1. The summed E-state index contributed by atoms with van der Waals surface area (Å²) in [5.41, 5.74) is 0.595. The van der Waals surface area contributed by atoms with Crippen molar-refractivity contribution in [2.45, 2.75) is 44.6 Å². The zero-order valence-electron chi connectivity index (χ0n) is 8.47. The summed E-state index contributed by atoms with van der Waals surface area (Å²) in [5, 5.41) is 0. The largest absolute Gasteiger partial charge is 0.300 e. The van der Waals surface area contributed by atoms with Crippen molar-refractivity contribution in [3.05, 3.63) is 12.7 Å². The molecule has 0 spiro atoms. The van der Waals surface area contributed by atoms with Gasteiger partial charge in [-0.1, -0.05) is 19.4 Å². The lowest BCUT2D eigenvalue weighted by Crippen LogP contribution is -2.34. The highest BCUT2D eigenvalue weighted by molar-refractivity contribution is 5.02. The number of hydrogen-bond acceptors (Lipinski definition) is 1. The summed E-state index contributed by atoms with van der Waals surface area (Å²) in [4.78, 5) is 2.53. The average molecular weight is 167 g/mol. The molecule has 1 saturated carbocycles. The van der Waals surface area contributed by atoms with Crippen LogP contribution in [0, 0.1) is 0 Å². The minimum absolute atomic E-state index is 0.595. The summed E-state index contributed by atoms with van der Waals surface area (Å²) >= 11 is 0. The van der Waals surface area contributed by atoms with Crippen LogP contribution in [-0.4, -0.2) is 24.0 Å². The van der Waals surface area contributed by atoms with E-state index in [0.717, 1.165) is 6.42 Å². The molecule has 0 atom stereocenters. The summed E-state index contributed by atoms with van der Waals surface area (Å²) in [6.45, 7) is 7.22. The first-order valence-electron chi connectivity index (χ1n) is 5.07. The predicted octanol–water partition coefficient (Wildman–Crippen LogP) is 2.83. The molecule has 0 aromatic heterocycles. The van der Waals surface area contributed by atoms with Crippen LogP contribution in [0.3, 0.4) is 0 Å². The molecule has 1 aliphatic carbocycles. The Morgan fingerprint density at radius 3 is 2.58 bits per heavy atom. The molecule has 1 nitrogen and oxygen atoms in total. The zero-order valence-corrected chi connectivity index (χ0v) is 8.47. The van der Waals surface area contributed by atoms with E-state index >= 15 is 0 Å². The van der Waals surface area contributed by atoms with Gasteiger partial charge in [0.25, 0.3) is 0 Å². The molecule has 0 unspecified atom stereocenters. The van der Waals surface area contributed by atoms with Gasteiger partial charge >= 0.3 is 0 Å². The highest BCUT2D eigenvalue weighted by Gasteiger charge is 2.44. The van der Waals surface area contributed by atoms with Crippen molar-refractivity contribution in [3.63, 3.8) is 0 Å². The van der Waals surface area contributed by atoms with Crippen LogP contribution in [0.5, 0.6) is 0 Å². The molecule has 1 fully saturated rings. The van der Waals surface area contributed by atoms with Gasteiger partial charge in [0.1, 0.15) is 0 Å². The first-order chi connectivity index (χ1) is 5.75. The van der Waals surface area contributed by atoms with Crippen LogP contribution in [0.25, 0.3) is 0 Å². The molecule has 0 N–H and O–H groups in total. The van der Waals surface area contributed by atoms with Crippen molar-refractivity contribution in [2.75, 3.05) is 13.6 Å². The fourth-order valence-corrected chi connectivity index (χ4v) is 1.95. The Hall–Kier alpha value is -0.300. The van der Waals surface area contributed by atoms with E-state index in [-0.39, 0.29) is 0 Å². The minimum atomic E-state index is 0.595. The first kappa shape index (κ1) is 9.79. The van der Waals surface area contributed by atoms with Crippen LogP contribution in [0.4, 0.5) is 0 Å². The highest BCUT2D eigenvalue weighted by atomic mass is 15.2. The minimum Gasteiger partial charge on any atom is -0.300 e. The van der Waals surface area contributed by atoms with Crippen LogP contribution < -0.4 is 0 Å². The number of hydrogen-bond donors (Lipinski definition) is 0. The van der Waals surface area contributed by atoms with Crippen LogP contribution >= 0.6 is 0 Å². The molecule has 0 amide bonds. The number of rotatable bonds is 6. The highest BCUT2D eigenvalue weighted by Crippen LogP contribution is 2.44. The van der Waals surface area contributed by atoms with E-state index in [4.69, 9.17) is 0 Å². The predicted molar refractivity (Wildman–Crippen MR) is 54.3 cm³/mol. The maximum atomic E-state index is 3.75. The number of nitrogens with zero attached hydrogens (tertiary/aromatic N) is 1. The van der Waals surface area contributed by atoms with Gasteiger partial charge in [-0.3, -0.25) is 0 Å². The molecular formula is C11H21N. The van der Waals surface area contributed by atoms with E-state index < -0.39 is 0 Å². The van der Waals surface area contributed by atoms with Crippen molar-refractivity contribution < 1.29 is 0 Å². The van der Waals surface area contributed by atoms with Crippen molar-refractivity contribution in [3.8, 4) is 0 Å². The molecule has 1 heteroatoms. The molecule has 0 saturated heterocycles. The van der Waals surface area contributed by atoms with Gasteiger partial charge in [-0.15, -0.1) is 6.58 Å². The van der Waals surface area contributed by atoms with Gasteiger partial charge in [0.05, 0.1) is 0 Å². The Balaban J connectivity index is 2.29. The molecule has 70 valence electrons. The van der Waals surface area contributed by atoms with E-state index in [1.165, 1.54) is 32.2 Å². The standard InChI is InChI=1S/C11H21N/c1-4-6-10-12(3)11(7-5-2)8-9-11/h4H,1,5-10H2,2-3H3. The Bertz CT molecular complexity index is 147.